The number of hydrogen-bond donors (Lipinski definition) is 0. The third-order valence-corrected chi connectivity index (χ3v) is 1.83. The normalized spacial score (nSPS) is 12.9. The molecule has 0 saturated carbocycles. The SMILES string of the molecule is Cc1ccnc2c1n(C)n[n+]2[O-].FP(F)(F)(F)F.[F-]. The van der Waals surface area contributed by atoms with Crippen LogP contribution in [0, 0.1) is 12.1 Å². The molecule has 0 saturated heterocycles. The van der Waals surface area contributed by atoms with Crippen LogP contribution >= 0.6 is 8.16 Å². The van der Waals surface area contributed by atoms with Crippen molar-refractivity contribution in [3.8, 4) is 0 Å². The maximum atomic E-state index is 11.1. The molecular weight excluding hydrogens is 301 g/mol. The van der Waals surface area contributed by atoms with Gasteiger partial charge in [-0.25, -0.2) is 0 Å². The fourth-order valence-electron chi connectivity index (χ4n) is 1.28. The largest absolute Gasteiger partial charge is 1.00 e. The molecule has 2 aromatic rings. The number of rotatable bonds is 0. The Balaban J connectivity index is 0.000000404. The first-order chi connectivity index (χ1) is 7.93. The van der Waals surface area contributed by atoms with E-state index in [9.17, 15) is 26.2 Å². The zero-order valence-corrected chi connectivity index (χ0v) is 10.5. The molecule has 2 aromatic heterocycles. The molecule has 0 aromatic carbocycles. The van der Waals surface area contributed by atoms with E-state index in [4.69, 9.17) is 0 Å². The molecule has 0 unspecified atom stereocenters. The summed E-state index contributed by atoms with van der Waals surface area (Å²) in [5.41, 5.74) is 2.16. The Morgan fingerprint density at radius 1 is 1.26 bits per heavy atom. The maximum Gasteiger partial charge on any atom is -1.00 e. The van der Waals surface area contributed by atoms with Gasteiger partial charge in [0, 0.05) is 5.21 Å². The van der Waals surface area contributed by atoms with Crippen molar-refractivity contribution in [2.24, 2.45) is 7.05 Å². The van der Waals surface area contributed by atoms with E-state index >= 15 is 0 Å². The minimum Gasteiger partial charge on any atom is -1.00 e. The van der Waals surface area contributed by atoms with Crippen LogP contribution in [0.3, 0.4) is 0 Å². The minimum absolute atomic E-state index is 0. The molecule has 0 N–H and O–H groups in total. The van der Waals surface area contributed by atoms with Crippen LogP contribution in [-0.4, -0.2) is 14.9 Å². The van der Waals surface area contributed by atoms with Gasteiger partial charge in [-0.15, -0.1) is 9.83 Å². The second-order valence-electron chi connectivity index (χ2n) is 3.32. The van der Waals surface area contributed by atoms with Crippen LogP contribution in [0.2, 0.25) is 0 Å². The third-order valence-electron chi connectivity index (χ3n) is 1.83. The van der Waals surface area contributed by atoms with Gasteiger partial charge in [0.15, 0.2) is 0 Å². The van der Waals surface area contributed by atoms with Gasteiger partial charge in [-0.05, 0) is 18.6 Å². The molecule has 0 bridgehead atoms. The van der Waals surface area contributed by atoms with Crippen LogP contribution in [0.5, 0.6) is 0 Å². The standard InChI is InChI=1S/C7H8N4O.F5P.FH/c1-5-3-4-8-7-6(5)10(2)9-11(7)12;1-6(2,3,4)5;/h3-4H,1-2H3;;1H/p-1. The van der Waals surface area contributed by atoms with Crippen LogP contribution in [0.4, 0.5) is 21.0 Å². The average Bonchev–Trinajstić information content (AvgIpc) is 2.39. The zero-order valence-electron chi connectivity index (χ0n) is 9.57. The van der Waals surface area contributed by atoms with Crippen molar-refractivity contribution in [1.29, 1.82) is 0 Å². The molecule has 2 heterocycles. The number of hydrogen-bond acceptors (Lipinski definition) is 3. The Labute approximate surface area is 103 Å². The van der Waals surface area contributed by atoms with Gasteiger partial charge in [0.1, 0.15) is 6.20 Å². The zero-order chi connectivity index (χ0) is 14.2. The van der Waals surface area contributed by atoms with Gasteiger partial charge >= 0.3 is 34.8 Å². The van der Waals surface area contributed by atoms with E-state index in [1.807, 2.05) is 13.0 Å². The monoisotopic (exact) mass is 309 g/mol. The number of fused-ring (bicyclic) bond motifs is 1. The summed E-state index contributed by atoms with van der Waals surface area (Å²) in [6, 6.07) is 1.85. The van der Waals surface area contributed by atoms with Crippen molar-refractivity contribution in [3.05, 3.63) is 23.0 Å². The average molecular weight is 309 g/mol. The number of halogens is 6. The van der Waals surface area contributed by atoms with Gasteiger partial charge in [-0.2, -0.15) is 4.68 Å². The van der Waals surface area contributed by atoms with E-state index in [1.54, 1.807) is 13.2 Å². The smallest absolute Gasteiger partial charge is 1.00 e. The summed E-state index contributed by atoms with van der Waals surface area (Å²) >= 11 is 0. The summed E-state index contributed by atoms with van der Waals surface area (Å²) < 4.78 is 50.7. The van der Waals surface area contributed by atoms with E-state index in [0.717, 1.165) is 11.1 Å². The minimum atomic E-state index is -8.55. The molecule has 0 aliphatic heterocycles. The second-order valence-corrected chi connectivity index (χ2v) is 4.60. The first kappa shape index (κ1) is 17.4. The van der Waals surface area contributed by atoms with Crippen molar-refractivity contribution in [2.45, 2.75) is 6.92 Å². The van der Waals surface area contributed by atoms with Crippen molar-refractivity contribution >= 4 is 19.3 Å². The van der Waals surface area contributed by atoms with Crippen molar-refractivity contribution < 1.29 is 30.5 Å². The number of aryl methyl sites for hydroxylation is 2. The van der Waals surface area contributed by atoms with E-state index in [2.05, 4.69) is 10.2 Å². The second kappa shape index (κ2) is 5.16. The Morgan fingerprint density at radius 2 is 1.74 bits per heavy atom. The van der Waals surface area contributed by atoms with E-state index in [1.165, 1.54) is 4.68 Å². The molecule has 2 rings (SSSR count). The number of nitrogens with zero attached hydrogens (tertiary/aromatic N) is 4. The predicted octanol–water partition coefficient (Wildman–Crippen LogP) is -0.124. The van der Waals surface area contributed by atoms with Gasteiger partial charge in [-0.1, -0.05) is 0 Å². The van der Waals surface area contributed by atoms with Crippen molar-refractivity contribution in [3.63, 3.8) is 0 Å². The molecule has 0 atom stereocenters. The fourth-order valence-corrected chi connectivity index (χ4v) is 1.28. The molecule has 12 heteroatoms. The first-order valence-electron chi connectivity index (χ1n) is 4.43. The molecule has 0 fully saturated rings. The topological polar surface area (TPSA) is 57.7 Å². The Bertz CT molecular complexity index is 563. The van der Waals surface area contributed by atoms with Crippen LogP contribution in [0.25, 0.3) is 11.2 Å². The summed E-state index contributed by atoms with van der Waals surface area (Å²) in [5.74, 6) is 0. The van der Waals surface area contributed by atoms with Gasteiger partial charge < -0.3 is 9.91 Å². The molecule has 110 valence electrons. The molecule has 0 aliphatic rings. The van der Waals surface area contributed by atoms with Crippen molar-refractivity contribution in [1.82, 2.24) is 14.9 Å². The Morgan fingerprint density at radius 3 is 2.16 bits per heavy atom. The van der Waals surface area contributed by atoms with Crippen molar-refractivity contribution in [2.75, 3.05) is 0 Å². The van der Waals surface area contributed by atoms with Gasteiger partial charge in [0.2, 0.25) is 5.52 Å². The first-order valence-corrected chi connectivity index (χ1v) is 6.12. The van der Waals surface area contributed by atoms with Crippen LogP contribution < -0.4 is 9.55 Å². The third kappa shape index (κ3) is 5.69. The number of pyridine rings is 1. The summed E-state index contributed by atoms with van der Waals surface area (Å²) in [5, 5.41) is 14.7. The molecule has 0 aliphatic carbocycles. The molecule has 0 radical (unpaired) electrons. The van der Waals surface area contributed by atoms with Gasteiger partial charge in [-0.3, -0.25) is 0 Å². The summed E-state index contributed by atoms with van der Waals surface area (Å²) in [7, 11) is -6.82. The van der Waals surface area contributed by atoms with E-state index < -0.39 is 8.16 Å². The van der Waals surface area contributed by atoms with Crippen LogP contribution in [0.15, 0.2) is 12.3 Å². The van der Waals surface area contributed by atoms with Gasteiger partial charge in [0.25, 0.3) is 0 Å². The molecule has 0 amide bonds. The van der Waals surface area contributed by atoms with E-state index in [0.29, 0.717) is 10.5 Å². The quantitative estimate of drug-likeness (QED) is 0.295. The molecule has 0 spiro atoms. The fraction of sp³-hybridized carbons (Fsp3) is 0.286. The summed E-state index contributed by atoms with van der Waals surface area (Å²) in [6.07, 6.45) is 1.60. The maximum absolute atomic E-state index is 11.1. The van der Waals surface area contributed by atoms with Gasteiger partial charge in [0.05, 0.1) is 7.05 Å². The summed E-state index contributed by atoms with van der Waals surface area (Å²) in [4.78, 5) is 4.46. The van der Waals surface area contributed by atoms with Crippen LogP contribution in [0.1, 0.15) is 5.56 Å². The summed E-state index contributed by atoms with van der Waals surface area (Å²) in [6.45, 7) is 1.92. The molecule has 5 nitrogen and oxygen atoms in total. The predicted molar refractivity (Wildman–Crippen MR) is 54.7 cm³/mol. The molecule has 19 heavy (non-hydrogen) atoms. The van der Waals surface area contributed by atoms with Crippen LogP contribution in [-0.2, 0) is 7.05 Å². The Hall–Kier alpha value is -1.64. The van der Waals surface area contributed by atoms with E-state index in [-0.39, 0.29) is 4.70 Å². The number of aromatic nitrogens is 4. The Kier molecular flexibility index (Phi) is 4.71. The molecular formula is C7H8F6N4OP-.